The first kappa shape index (κ1) is 18.7. The van der Waals surface area contributed by atoms with E-state index in [-0.39, 0.29) is 5.91 Å². The number of nitrogens with zero attached hydrogens (tertiary/aromatic N) is 4. The third-order valence-corrected chi connectivity index (χ3v) is 5.97. The molecule has 144 valence electrons. The Balaban J connectivity index is 1.48. The molecule has 1 amide bonds. The number of carbonyl (C=O) groups excluding carboxylic acids is 1. The van der Waals surface area contributed by atoms with Crippen LogP contribution in [0.15, 0.2) is 48.5 Å². The molecule has 2 fully saturated rings. The van der Waals surface area contributed by atoms with Crippen molar-refractivity contribution in [3.8, 4) is 17.2 Å². The van der Waals surface area contributed by atoms with Gasteiger partial charge in [-0.3, -0.25) is 9.69 Å². The van der Waals surface area contributed by atoms with Crippen molar-refractivity contribution in [2.24, 2.45) is 0 Å². The van der Waals surface area contributed by atoms with Crippen LogP contribution in [0.5, 0.6) is 0 Å². The lowest BCUT2D eigenvalue weighted by atomic mass is 9.98. The van der Waals surface area contributed by atoms with E-state index in [1.165, 1.54) is 0 Å². The van der Waals surface area contributed by atoms with Crippen molar-refractivity contribution in [2.45, 2.75) is 12.5 Å². The molecule has 2 heterocycles. The summed E-state index contributed by atoms with van der Waals surface area (Å²) in [6.45, 7) is 6.00. The van der Waals surface area contributed by atoms with Gasteiger partial charge in [0.2, 0.25) is 0 Å². The van der Waals surface area contributed by atoms with Gasteiger partial charge in [-0.1, -0.05) is 30.3 Å². The number of likely N-dealkylation sites (N-methyl/N-ethyl adjacent to an activating group) is 1. The Morgan fingerprint density at radius 2 is 1.82 bits per heavy atom. The van der Waals surface area contributed by atoms with Gasteiger partial charge in [-0.15, -0.1) is 0 Å². The van der Waals surface area contributed by atoms with E-state index in [1.54, 1.807) is 0 Å². The molecule has 0 N–H and O–H groups in total. The second-order valence-electron chi connectivity index (χ2n) is 7.77. The highest BCUT2D eigenvalue weighted by Crippen LogP contribution is 2.26. The molecule has 0 saturated carbocycles. The van der Waals surface area contributed by atoms with Gasteiger partial charge in [0, 0.05) is 50.9 Å². The largest absolute Gasteiger partial charge is 0.337 e. The molecule has 1 atom stereocenters. The number of nitriles is 1. The molecule has 2 aliphatic heterocycles. The highest BCUT2D eigenvalue weighted by atomic mass is 16.2. The van der Waals surface area contributed by atoms with Crippen molar-refractivity contribution in [2.75, 3.05) is 46.3 Å². The summed E-state index contributed by atoms with van der Waals surface area (Å²) in [5.41, 5.74) is 3.11. The quantitative estimate of drug-likeness (QED) is 0.829. The van der Waals surface area contributed by atoms with Gasteiger partial charge in [-0.25, -0.2) is 0 Å². The van der Waals surface area contributed by atoms with Crippen LogP contribution < -0.4 is 0 Å². The molecule has 0 aliphatic carbocycles. The van der Waals surface area contributed by atoms with Crippen LogP contribution in [0, 0.1) is 11.3 Å². The van der Waals surface area contributed by atoms with Crippen LogP contribution in [0.25, 0.3) is 11.1 Å². The fourth-order valence-corrected chi connectivity index (χ4v) is 4.25. The average molecular weight is 374 g/mol. The fourth-order valence-electron chi connectivity index (χ4n) is 4.25. The standard InChI is InChI=1S/C23H26N4O/c1-25-11-13-26(14-12-25)21-9-10-27(17-21)23(28)19-7-4-6-18(15-19)22-8-3-2-5-20(22)16-24/h2-8,15,21H,9-14,17H2,1H3/t21-/m0/s1. The monoisotopic (exact) mass is 374 g/mol. The van der Waals surface area contributed by atoms with Crippen LogP contribution in [-0.4, -0.2) is 73.0 Å². The molecule has 2 aromatic carbocycles. The molecule has 5 heteroatoms. The van der Waals surface area contributed by atoms with Gasteiger partial charge in [0.05, 0.1) is 11.6 Å². The Morgan fingerprint density at radius 1 is 1.04 bits per heavy atom. The van der Waals surface area contributed by atoms with E-state index in [2.05, 4.69) is 22.9 Å². The molecule has 2 aromatic rings. The van der Waals surface area contributed by atoms with Crippen molar-refractivity contribution >= 4 is 5.91 Å². The molecular formula is C23H26N4O. The Kier molecular flexibility index (Phi) is 5.43. The molecule has 0 bridgehead atoms. The lowest BCUT2D eigenvalue weighted by Gasteiger charge is -2.36. The van der Waals surface area contributed by atoms with Crippen molar-refractivity contribution in [1.82, 2.24) is 14.7 Å². The van der Waals surface area contributed by atoms with Gasteiger partial charge < -0.3 is 9.80 Å². The minimum absolute atomic E-state index is 0.0907. The van der Waals surface area contributed by atoms with Gasteiger partial charge in [-0.05, 0) is 42.8 Å². The SMILES string of the molecule is CN1CCN([C@H]2CCN(C(=O)c3cccc(-c4ccccc4C#N)c3)C2)CC1. The second-order valence-corrected chi connectivity index (χ2v) is 7.77. The molecule has 4 rings (SSSR count). The van der Waals surface area contributed by atoms with Gasteiger partial charge in [0.15, 0.2) is 0 Å². The second kappa shape index (κ2) is 8.14. The molecule has 0 radical (unpaired) electrons. The van der Waals surface area contributed by atoms with Crippen LogP contribution >= 0.6 is 0 Å². The van der Waals surface area contributed by atoms with Crippen molar-refractivity contribution in [3.05, 3.63) is 59.7 Å². The molecular weight excluding hydrogens is 348 g/mol. The maximum atomic E-state index is 13.1. The zero-order chi connectivity index (χ0) is 19.5. The summed E-state index contributed by atoms with van der Waals surface area (Å²) in [4.78, 5) is 20.0. The van der Waals surface area contributed by atoms with Gasteiger partial charge in [0.25, 0.3) is 5.91 Å². The highest BCUT2D eigenvalue weighted by molar-refractivity contribution is 5.96. The summed E-state index contributed by atoms with van der Waals surface area (Å²) in [6, 6.07) is 17.9. The maximum absolute atomic E-state index is 13.1. The van der Waals surface area contributed by atoms with E-state index in [0.717, 1.165) is 56.8 Å². The lowest BCUT2D eigenvalue weighted by Crippen LogP contribution is -2.50. The number of amides is 1. The van der Waals surface area contributed by atoms with Crippen LogP contribution in [0.3, 0.4) is 0 Å². The van der Waals surface area contributed by atoms with Crippen LogP contribution in [0.1, 0.15) is 22.3 Å². The van der Waals surface area contributed by atoms with Crippen molar-refractivity contribution < 1.29 is 4.79 Å². The summed E-state index contributed by atoms with van der Waals surface area (Å²) in [5.74, 6) is 0.0907. The van der Waals surface area contributed by atoms with Gasteiger partial charge in [-0.2, -0.15) is 5.26 Å². The lowest BCUT2D eigenvalue weighted by molar-refractivity contribution is 0.0755. The Bertz CT molecular complexity index is 895. The molecule has 2 saturated heterocycles. The normalized spacial score (nSPS) is 20.9. The number of piperazine rings is 1. The molecule has 0 spiro atoms. The smallest absolute Gasteiger partial charge is 0.253 e. The van der Waals surface area contributed by atoms with E-state index >= 15 is 0 Å². The molecule has 2 aliphatic rings. The number of hydrogen-bond donors (Lipinski definition) is 0. The minimum Gasteiger partial charge on any atom is -0.337 e. The van der Waals surface area contributed by atoms with E-state index in [1.807, 2.05) is 53.4 Å². The molecule has 0 unspecified atom stereocenters. The number of benzene rings is 2. The average Bonchev–Trinajstić information content (AvgIpc) is 3.24. The van der Waals surface area contributed by atoms with E-state index in [0.29, 0.717) is 17.2 Å². The third-order valence-electron chi connectivity index (χ3n) is 5.97. The number of carbonyl (C=O) groups is 1. The fraction of sp³-hybridized carbons (Fsp3) is 0.391. The van der Waals surface area contributed by atoms with Gasteiger partial charge in [0.1, 0.15) is 0 Å². The van der Waals surface area contributed by atoms with Crippen LogP contribution in [0.4, 0.5) is 0 Å². The first-order valence-corrected chi connectivity index (χ1v) is 9.97. The summed E-state index contributed by atoms with van der Waals surface area (Å²) in [7, 11) is 2.17. The predicted octanol–water partition coefficient (Wildman–Crippen LogP) is 2.69. The van der Waals surface area contributed by atoms with Crippen LogP contribution in [-0.2, 0) is 0 Å². The van der Waals surface area contributed by atoms with Crippen LogP contribution in [0.2, 0.25) is 0 Å². The van der Waals surface area contributed by atoms with Crippen molar-refractivity contribution in [3.63, 3.8) is 0 Å². The minimum atomic E-state index is 0.0907. The van der Waals surface area contributed by atoms with Crippen molar-refractivity contribution in [1.29, 1.82) is 5.26 Å². The maximum Gasteiger partial charge on any atom is 0.253 e. The number of hydrogen-bond acceptors (Lipinski definition) is 4. The summed E-state index contributed by atoms with van der Waals surface area (Å²) in [6.07, 6.45) is 1.05. The van der Waals surface area contributed by atoms with E-state index < -0.39 is 0 Å². The molecule has 28 heavy (non-hydrogen) atoms. The summed E-state index contributed by atoms with van der Waals surface area (Å²) >= 11 is 0. The molecule has 0 aromatic heterocycles. The Labute approximate surface area is 166 Å². The first-order chi connectivity index (χ1) is 13.7. The Morgan fingerprint density at radius 3 is 2.61 bits per heavy atom. The zero-order valence-corrected chi connectivity index (χ0v) is 16.3. The summed E-state index contributed by atoms with van der Waals surface area (Å²) in [5, 5.41) is 9.37. The predicted molar refractivity (Wildman–Crippen MR) is 110 cm³/mol. The highest BCUT2D eigenvalue weighted by Gasteiger charge is 2.32. The van der Waals surface area contributed by atoms with Gasteiger partial charge >= 0.3 is 0 Å². The van der Waals surface area contributed by atoms with E-state index in [4.69, 9.17) is 0 Å². The number of rotatable bonds is 3. The summed E-state index contributed by atoms with van der Waals surface area (Å²) < 4.78 is 0. The number of likely N-dealkylation sites (tertiary alicyclic amines) is 1. The first-order valence-electron chi connectivity index (χ1n) is 9.97. The third kappa shape index (κ3) is 3.80. The molecule has 5 nitrogen and oxygen atoms in total. The van der Waals surface area contributed by atoms with E-state index in [9.17, 15) is 10.1 Å². The Hall–Kier alpha value is -2.68. The zero-order valence-electron chi connectivity index (χ0n) is 16.3. The topological polar surface area (TPSA) is 50.6 Å².